The number of piperidine rings is 1. The molecule has 136 valence electrons. The first-order valence-corrected chi connectivity index (χ1v) is 9.64. The molecule has 0 aromatic rings. The van der Waals surface area contributed by atoms with E-state index in [9.17, 15) is 9.59 Å². The van der Waals surface area contributed by atoms with Gasteiger partial charge in [0.05, 0.1) is 11.8 Å². The second-order valence-corrected chi connectivity index (χ2v) is 8.11. The van der Waals surface area contributed by atoms with Crippen molar-refractivity contribution in [2.75, 3.05) is 26.2 Å². The zero-order valence-corrected chi connectivity index (χ0v) is 14.9. The van der Waals surface area contributed by atoms with Gasteiger partial charge in [0.15, 0.2) is 5.96 Å². The minimum absolute atomic E-state index is 0.0358. The molecule has 1 saturated carbocycles. The van der Waals surface area contributed by atoms with E-state index in [1.165, 1.54) is 11.3 Å². The van der Waals surface area contributed by atoms with Gasteiger partial charge in [0.2, 0.25) is 11.8 Å². The molecule has 2 amide bonds. The molecule has 2 bridgehead atoms. The highest BCUT2D eigenvalue weighted by Gasteiger charge is 2.58. The summed E-state index contributed by atoms with van der Waals surface area (Å²) in [4.78, 5) is 33.3. The van der Waals surface area contributed by atoms with Gasteiger partial charge >= 0.3 is 0 Å². The molecule has 3 fully saturated rings. The van der Waals surface area contributed by atoms with E-state index in [0.29, 0.717) is 31.4 Å². The van der Waals surface area contributed by atoms with Crippen LogP contribution >= 0.6 is 0 Å². The molecular weight excluding hydrogens is 316 g/mol. The van der Waals surface area contributed by atoms with Crippen molar-refractivity contribution < 1.29 is 9.59 Å². The maximum atomic E-state index is 12.6. The lowest BCUT2D eigenvalue weighted by atomic mass is 9.85. The number of imide groups is 1. The van der Waals surface area contributed by atoms with Crippen molar-refractivity contribution in [1.29, 1.82) is 0 Å². The number of likely N-dealkylation sites (tertiary alicyclic amines) is 2. The van der Waals surface area contributed by atoms with Crippen molar-refractivity contribution >= 4 is 17.8 Å². The number of hydrogen-bond acceptors (Lipinski definition) is 3. The molecule has 6 heteroatoms. The Hall–Kier alpha value is -1.85. The summed E-state index contributed by atoms with van der Waals surface area (Å²) in [5.74, 6) is 1.71. The van der Waals surface area contributed by atoms with Crippen LogP contribution < -0.4 is 5.73 Å². The minimum Gasteiger partial charge on any atom is -0.370 e. The van der Waals surface area contributed by atoms with Gasteiger partial charge in [-0.25, -0.2) is 0 Å². The van der Waals surface area contributed by atoms with Gasteiger partial charge in [0, 0.05) is 26.2 Å². The maximum absolute atomic E-state index is 12.6. The SMILES string of the molecule is C[C@@H]1CCCN(C(N)=NCCCN2C(=O)[C@@H]3[C@H](C2=O)[C@H]2C=C[C@H]3C2)C1. The zero-order chi connectivity index (χ0) is 17.6. The van der Waals surface area contributed by atoms with E-state index in [1.54, 1.807) is 0 Å². The second-order valence-electron chi connectivity index (χ2n) is 8.11. The third kappa shape index (κ3) is 2.85. The van der Waals surface area contributed by atoms with Crippen LogP contribution in [0.25, 0.3) is 0 Å². The molecule has 0 aromatic heterocycles. The number of amides is 2. The molecule has 2 saturated heterocycles. The Balaban J connectivity index is 1.29. The van der Waals surface area contributed by atoms with Crippen molar-refractivity contribution in [3.8, 4) is 0 Å². The van der Waals surface area contributed by atoms with Gasteiger partial charge in [-0.2, -0.15) is 0 Å². The fourth-order valence-corrected chi connectivity index (χ4v) is 5.10. The number of carbonyl (C=O) groups is 2. The van der Waals surface area contributed by atoms with Gasteiger partial charge in [0.25, 0.3) is 0 Å². The summed E-state index contributed by atoms with van der Waals surface area (Å²) in [5, 5.41) is 0. The Kier molecular flexibility index (Phi) is 4.29. The first kappa shape index (κ1) is 16.6. The highest BCUT2D eigenvalue weighted by molar-refractivity contribution is 6.06. The molecule has 0 radical (unpaired) electrons. The van der Waals surface area contributed by atoms with Gasteiger partial charge in [-0.1, -0.05) is 19.1 Å². The number of hydrogen-bond donors (Lipinski definition) is 1. The number of aliphatic imine (C=N–C) groups is 1. The zero-order valence-electron chi connectivity index (χ0n) is 14.9. The molecule has 0 spiro atoms. The Morgan fingerprint density at radius 3 is 2.56 bits per heavy atom. The van der Waals surface area contributed by atoms with Crippen LogP contribution in [-0.4, -0.2) is 53.8 Å². The molecule has 6 nitrogen and oxygen atoms in total. The molecule has 0 unspecified atom stereocenters. The first-order valence-electron chi connectivity index (χ1n) is 9.64. The van der Waals surface area contributed by atoms with Gasteiger partial charge in [-0.3, -0.25) is 19.5 Å². The second kappa shape index (κ2) is 6.46. The fourth-order valence-electron chi connectivity index (χ4n) is 5.10. The molecular formula is C19H28N4O2. The number of nitrogens with two attached hydrogens (primary N) is 1. The Morgan fingerprint density at radius 1 is 1.24 bits per heavy atom. The molecule has 4 rings (SSSR count). The number of carbonyl (C=O) groups excluding carboxylic acids is 2. The third-order valence-corrected chi connectivity index (χ3v) is 6.36. The average molecular weight is 344 g/mol. The Labute approximate surface area is 149 Å². The lowest BCUT2D eigenvalue weighted by Crippen LogP contribution is -2.43. The van der Waals surface area contributed by atoms with E-state index >= 15 is 0 Å². The lowest BCUT2D eigenvalue weighted by Gasteiger charge is -2.31. The van der Waals surface area contributed by atoms with Crippen LogP contribution in [0.3, 0.4) is 0 Å². The molecule has 0 aromatic carbocycles. The highest BCUT2D eigenvalue weighted by atomic mass is 16.2. The van der Waals surface area contributed by atoms with Gasteiger partial charge in [0.1, 0.15) is 0 Å². The molecule has 2 heterocycles. The maximum Gasteiger partial charge on any atom is 0.233 e. The van der Waals surface area contributed by atoms with E-state index in [1.807, 2.05) is 0 Å². The number of rotatable bonds is 4. The number of nitrogens with zero attached hydrogens (tertiary/aromatic N) is 3. The van der Waals surface area contributed by atoms with E-state index in [4.69, 9.17) is 5.73 Å². The predicted molar refractivity (Wildman–Crippen MR) is 95.5 cm³/mol. The van der Waals surface area contributed by atoms with E-state index in [2.05, 4.69) is 29.0 Å². The van der Waals surface area contributed by atoms with Crippen LogP contribution in [0.5, 0.6) is 0 Å². The van der Waals surface area contributed by atoms with Gasteiger partial charge < -0.3 is 10.6 Å². The summed E-state index contributed by atoms with van der Waals surface area (Å²) in [5.41, 5.74) is 6.10. The summed E-state index contributed by atoms with van der Waals surface area (Å²) in [7, 11) is 0. The average Bonchev–Trinajstić information content (AvgIpc) is 3.27. The Morgan fingerprint density at radius 2 is 1.92 bits per heavy atom. The molecule has 25 heavy (non-hydrogen) atoms. The quantitative estimate of drug-likeness (QED) is 0.273. The Bertz CT molecular complexity index is 599. The third-order valence-electron chi connectivity index (χ3n) is 6.36. The van der Waals surface area contributed by atoms with Crippen molar-refractivity contribution in [2.24, 2.45) is 40.3 Å². The number of guanidine groups is 1. The normalized spacial score (nSPS) is 37.3. The number of fused-ring (bicyclic) bond motifs is 5. The van der Waals surface area contributed by atoms with Crippen LogP contribution in [0.1, 0.15) is 32.6 Å². The predicted octanol–water partition coefficient (Wildman–Crippen LogP) is 1.23. The van der Waals surface area contributed by atoms with Crippen molar-refractivity contribution in [2.45, 2.75) is 32.6 Å². The topological polar surface area (TPSA) is 79.0 Å². The standard InChI is InChI=1S/C19H28N4O2/c1-12-4-2-8-22(11-12)19(20)21-7-3-9-23-17(24)15-13-5-6-14(10-13)16(15)18(23)25/h5-6,12-16H,2-4,7-11H2,1H3,(H2,20,21)/t12-,13+,14+,15-,16+/m1/s1. The van der Waals surface area contributed by atoms with Crippen LogP contribution in [-0.2, 0) is 9.59 Å². The van der Waals surface area contributed by atoms with E-state index in [0.717, 1.165) is 25.9 Å². The van der Waals surface area contributed by atoms with Crippen molar-refractivity contribution in [1.82, 2.24) is 9.80 Å². The van der Waals surface area contributed by atoms with Crippen molar-refractivity contribution in [3.63, 3.8) is 0 Å². The van der Waals surface area contributed by atoms with Gasteiger partial charge in [-0.05, 0) is 43.4 Å². The van der Waals surface area contributed by atoms with Gasteiger partial charge in [-0.15, -0.1) is 0 Å². The summed E-state index contributed by atoms with van der Waals surface area (Å²) >= 11 is 0. The summed E-state index contributed by atoms with van der Waals surface area (Å²) in [6.07, 6.45) is 8.34. The van der Waals surface area contributed by atoms with Crippen LogP contribution in [0.4, 0.5) is 0 Å². The van der Waals surface area contributed by atoms with Crippen LogP contribution in [0, 0.1) is 29.6 Å². The largest absolute Gasteiger partial charge is 0.370 e. The molecule has 4 aliphatic rings. The molecule has 2 aliphatic heterocycles. The van der Waals surface area contributed by atoms with Crippen LogP contribution in [0.2, 0.25) is 0 Å². The summed E-state index contributed by atoms with van der Waals surface area (Å²) < 4.78 is 0. The van der Waals surface area contributed by atoms with Crippen LogP contribution in [0.15, 0.2) is 17.1 Å². The molecule has 2 N–H and O–H groups in total. The van der Waals surface area contributed by atoms with E-state index in [-0.39, 0.29) is 35.5 Å². The highest BCUT2D eigenvalue weighted by Crippen LogP contribution is 2.52. The lowest BCUT2D eigenvalue weighted by molar-refractivity contribution is -0.140. The monoisotopic (exact) mass is 344 g/mol. The summed E-state index contributed by atoms with van der Waals surface area (Å²) in [6, 6.07) is 0. The molecule has 2 aliphatic carbocycles. The first-order chi connectivity index (χ1) is 12.1. The van der Waals surface area contributed by atoms with E-state index < -0.39 is 0 Å². The number of allylic oxidation sites excluding steroid dienone is 2. The summed E-state index contributed by atoms with van der Waals surface area (Å²) in [6.45, 7) is 5.22. The molecule has 5 atom stereocenters. The minimum atomic E-state index is -0.0918. The van der Waals surface area contributed by atoms with Crippen molar-refractivity contribution in [3.05, 3.63) is 12.2 Å². The fraction of sp³-hybridized carbons (Fsp3) is 0.737. The smallest absolute Gasteiger partial charge is 0.233 e.